The van der Waals surface area contributed by atoms with Gasteiger partial charge in [0.25, 0.3) is 0 Å². The van der Waals surface area contributed by atoms with Crippen molar-refractivity contribution in [2.75, 3.05) is 11.5 Å². The Kier molecular flexibility index (Phi) is 4.07. The maximum atomic E-state index is 6.40. The van der Waals surface area contributed by atoms with Crippen LogP contribution in [-0.4, -0.2) is 0 Å². The number of alkyl halides is 2. The summed E-state index contributed by atoms with van der Waals surface area (Å²) in [7, 11) is 0. The molecule has 0 fully saturated rings. The molecule has 2 aromatic carbocycles. The summed E-state index contributed by atoms with van der Waals surface area (Å²) in [5.74, 6) is 0. The Hall–Kier alpha value is -0.800. The lowest BCUT2D eigenvalue weighted by Crippen LogP contribution is -2.12. The van der Waals surface area contributed by atoms with Crippen LogP contribution in [0.1, 0.15) is 11.1 Å². The highest BCUT2D eigenvalue weighted by molar-refractivity contribution is 6.50. The van der Waals surface area contributed by atoms with Crippen molar-refractivity contribution in [3.63, 3.8) is 0 Å². The predicted molar refractivity (Wildman–Crippen MR) is 84.2 cm³/mol. The summed E-state index contributed by atoms with van der Waals surface area (Å²) in [6.07, 6.45) is 0. The second kappa shape index (κ2) is 5.29. The fourth-order valence-electron chi connectivity index (χ4n) is 1.61. The van der Waals surface area contributed by atoms with E-state index < -0.39 is 4.33 Å². The van der Waals surface area contributed by atoms with Crippen molar-refractivity contribution in [3.05, 3.63) is 57.6 Å². The zero-order chi connectivity index (χ0) is 14.2. The maximum absolute atomic E-state index is 6.40. The van der Waals surface area contributed by atoms with E-state index in [1.165, 1.54) is 0 Å². The fraction of sp³-hybridized carbons (Fsp3) is 0.0769. The zero-order valence-electron chi connectivity index (χ0n) is 9.63. The van der Waals surface area contributed by atoms with Gasteiger partial charge < -0.3 is 11.5 Å². The summed E-state index contributed by atoms with van der Waals surface area (Å²) in [6, 6.07) is 9.98. The topological polar surface area (TPSA) is 52.0 Å². The molecule has 2 nitrogen and oxygen atoms in total. The van der Waals surface area contributed by atoms with E-state index in [2.05, 4.69) is 0 Å². The molecule has 0 radical (unpaired) electrons. The van der Waals surface area contributed by atoms with E-state index in [-0.39, 0.29) is 0 Å². The minimum atomic E-state index is -1.28. The Balaban J connectivity index is 2.51. The third-order valence-corrected chi connectivity index (χ3v) is 4.25. The molecule has 2 rings (SSSR count). The molecule has 0 amide bonds. The van der Waals surface area contributed by atoms with Crippen LogP contribution in [0.2, 0.25) is 10.0 Å². The van der Waals surface area contributed by atoms with Gasteiger partial charge >= 0.3 is 0 Å². The van der Waals surface area contributed by atoms with Gasteiger partial charge in [-0.1, -0.05) is 58.5 Å². The summed E-state index contributed by atoms with van der Waals surface area (Å²) in [6.45, 7) is 0. The van der Waals surface area contributed by atoms with Gasteiger partial charge in [0.2, 0.25) is 0 Å². The molecule has 0 saturated carbocycles. The number of nitrogens with two attached hydrogens (primary N) is 2. The van der Waals surface area contributed by atoms with E-state index in [0.29, 0.717) is 32.5 Å². The van der Waals surface area contributed by atoms with E-state index in [1.54, 1.807) is 36.4 Å². The molecule has 0 unspecified atom stereocenters. The smallest absolute Gasteiger partial charge is 0.168 e. The summed E-state index contributed by atoms with van der Waals surface area (Å²) in [5, 5.41) is 0.787. The summed E-state index contributed by atoms with van der Waals surface area (Å²) in [4.78, 5) is 0. The standard InChI is InChI=1S/C13H10Cl4N2/c14-9-5-7(1-3-11(9)18)13(16,17)8-2-4-12(19)10(15)6-8/h1-6H,18-19H2. The molecular formula is C13H10Cl4N2. The van der Waals surface area contributed by atoms with E-state index in [0.717, 1.165) is 0 Å². The first-order chi connectivity index (χ1) is 8.82. The first kappa shape index (κ1) is 14.6. The Bertz CT molecular complexity index is 573. The second-order valence-electron chi connectivity index (χ2n) is 4.05. The normalized spacial score (nSPS) is 11.6. The highest BCUT2D eigenvalue weighted by atomic mass is 35.5. The number of benzene rings is 2. The zero-order valence-corrected chi connectivity index (χ0v) is 12.7. The molecule has 6 heteroatoms. The first-order valence-corrected chi connectivity index (χ1v) is 6.82. The molecule has 0 bridgehead atoms. The number of nitrogen functional groups attached to an aromatic ring is 2. The molecule has 0 aromatic heterocycles. The molecule has 0 aliphatic carbocycles. The van der Waals surface area contributed by atoms with Gasteiger partial charge in [-0.15, -0.1) is 0 Å². The van der Waals surface area contributed by atoms with Crippen LogP contribution in [0.3, 0.4) is 0 Å². The lowest BCUT2D eigenvalue weighted by molar-refractivity contribution is 1.04. The summed E-state index contributed by atoms with van der Waals surface area (Å²) >= 11 is 24.8. The molecular weight excluding hydrogens is 326 g/mol. The molecule has 0 aliphatic rings. The molecule has 4 N–H and O–H groups in total. The van der Waals surface area contributed by atoms with Crippen LogP contribution in [0.5, 0.6) is 0 Å². The molecule has 19 heavy (non-hydrogen) atoms. The van der Waals surface area contributed by atoms with Gasteiger partial charge in [0, 0.05) is 0 Å². The molecule has 0 saturated heterocycles. The predicted octanol–water partition coefficient (Wildman–Crippen LogP) is 4.84. The highest BCUT2D eigenvalue weighted by Crippen LogP contribution is 2.43. The van der Waals surface area contributed by atoms with Crippen LogP contribution in [-0.2, 0) is 4.33 Å². The van der Waals surface area contributed by atoms with Gasteiger partial charge in [0.15, 0.2) is 4.33 Å². The quantitative estimate of drug-likeness (QED) is 0.609. The lowest BCUT2D eigenvalue weighted by atomic mass is 10.0. The highest BCUT2D eigenvalue weighted by Gasteiger charge is 2.30. The Labute approximate surface area is 131 Å². The third kappa shape index (κ3) is 2.87. The van der Waals surface area contributed by atoms with Crippen molar-refractivity contribution in [1.29, 1.82) is 0 Å². The van der Waals surface area contributed by atoms with Crippen molar-refractivity contribution in [2.24, 2.45) is 0 Å². The maximum Gasteiger partial charge on any atom is 0.168 e. The molecule has 2 aromatic rings. The summed E-state index contributed by atoms with van der Waals surface area (Å²) in [5.41, 5.74) is 13.5. The van der Waals surface area contributed by atoms with Crippen LogP contribution >= 0.6 is 46.4 Å². The minimum absolute atomic E-state index is 0.393. The average Bonchev–Trinajstić information content (AvgIpc) is 2.35. The third-order valence-electron chi connectivity index (χ3n) is 2.73. The first-order valence-electron chi connectivity index (χ1n) is 5.31. The van der Waals surface area contributed by atoms with Crippen molar-refractivity contribution in [1.82, 2.24) is 0 Å². The largest absolute Gasteiger partial charge is 0.398 e. The molecule has 0 atom stereocenters. The fourth-order valence-corrected chi connectivity index (χ4v) is 2.44. The van der Waals surface area contributed by atoms with E-state index >= 15 is 0 Å². The van der Waals surface area contributed by atoms with E-state index in [4.69, 9.17) is 57.9 Å². The van der Waals surface area contributed by atoms with Gasteiger partial charge in [-0.2, -0.15) is 0 Å². The van der Waals surface area contributed by atoms with Gasteiger partial charge in [-0.3, -0.25) is 0 Å². The molecule has 0 spiro atoms. The van der Waals surface area contributed by atoms with Crippen molar-refractivity contribution in [2.45, 2.75) is 4.33 Å². The van der Waals surface area contributed by atoms with Gasteiger partial charge in [-0.25, -0.2) is 0 Å². The van der Waals surface area contributed by atoms with Crippen LogP contribution < -0.4 is 11.5 Å². The number of halogens is 4. The van der Waals surface area contributed by atoms with E-state index in [1.807, 2.05) is 0 Å². The lowest BCUT2D eigenvalue weighted by Gasteiger charge is -2.22. The molecule has 0 heterocycles. The van der Waals surface area contributed by atoms with Crippen molar-refractivity contribution < 1.29 is 0 Å². The number of anilines is 2. The minimum Gasteiger partial charge on any atom is -0.398 e. The van der Waals surface area contributed by atoms with Gasteiger partial charge in [-0.05, 0) is 35.4 Å². The monoisotopic (exact) mass is 334 g/mol. The van der Waals surface area contributed by atoms with Crippen LogP contribution in [0.4, 0.5) is 11.4 Å². The molecule has 100 valence electrons. The van der Waals surface area contributed by atoms with Crippen LogP contribution in [0, 0.1) is 0 Å². The number of rotatable bonds is 2. The van der Waals surface area contributed by atoms with Gasteiger partial charge in [0.1, 0.15) is 0 Å². The average molecular weight is 336 g/mol. The van der Waals surface area contributed by atoms with Crippen LogP contribution in [0.15, 0.2) is 36.4 Å². The second-order valence-corrected chi connectivity index (χ2v) is 6.19. The van der Waals surface area contributed by atoms with E-state index in [9.17, 15) is 0 Å². The number of hydrogen-bond donors (Lipinski definition) is 2. The van der Waals surface area contributed by atoms with Crippen molar-refractivity contribution in [3.8, 4) is 0 Å². The van der Waals surface area contributed by atoms with Crippen LogP contribution in [0.25, 0.3) is 0 Å². The van der Waals surface area contributed by atoms with Gasteiger partial charge in [0.05, 0.1) is 21.4 Å². The SMILES string of the molecule is Nc1ccc(C(Cl)(Cl)c2ccc(N)c(Cl)c2)cc1Cl. The Morgan fingerprint density at radius 3 is 1.42 bits per heavy atom. The Morgan fingerprint density at radius 2 is 1.11 bits per heavy atom. The number of hydrogen-bond acceptors (Lipinski definition) is 2. The Morgan fingerprint density at radius 1 is 0.737 bits per heavy atom. The van der Waals surface area contributed by atoms with Crippen molar-refractivity contribution >= 4 is 57.8 Å². The summed E-state index contributed by atoms with van der Waals surface area (Å²) < 4.78 is -1.28. The molecule has 0 aliphatic heterocycles.